The molecular formula is C26H17Cl2F3N2O4. The third-order valence-corrected chi connectivity index (χ3v) is 6.01. The van der Waals surface area contributed by atoms with Crippen LogP contribution in [0.5, 0.6) is 5.75 Å². The van der Waals surface area contributed by atoms with Crippen LogP contribution in [0.25, 0.3) is 0 Å². The van der Waals surface area contributed by atoms with E-state index in [1.807, 2.05) is 19.9 Å². The molecule has 1 aliphatic rings. The fraction of sp³-hybridized carbons (Fsp3) is 0.115. The average molecular weight is 549 g/mol. The molecule has 0 aromatic heterocycles. The van der Waals surface area contributed by atoms with Gasteiger partial charge in [-0.3, -0.25) is 9.59 Å². The molecule has 1 N–H and O–H groups in total. The highest BCUT2D eigenvalue weighted by Crippen LogP contribution is 2.38. The molecule has 11 heteroatoms. The number of rotatable bonds is 5. The Hall–Kier alpha value is -3.82. The predicted molar refractivity (Wildman–Crippen MR) is 133 cm³/mol. The summed E-state index contributed by atoms with van der Waals surface area (Å²) in [6, 6.07) is 13.4. The van der Waals surface area contributed by atoms with Gasteiger partial charge in [0, 0.05) is 5.69 Å². The van der Waals surface area contributed by atoms with Crippen molar-refractivity contribution in [2.75, 3.05) is 10.2 Å². The van der Waals surface area contributed by atoms with Gasteiger partial charge in [0.05, 0.1) is 21.8 Å². The minimum absolute atomic E-state index is 0.219. The van der Waals surface area contributed by atoms with Crippen LogP contribution in [0.4, 0.5) is 24.5 Å². The van der Waals surface area contributed by atoms with Crippen LogP contribution in [0.2, 0.25) is 5.02 Å². The molecule has 1 heterocycles. The van der Waals surface area contributed by atoms with Gasteiger partial charge in [-0.15, -0.1) is 0 Å². The van der Waals surface area contributed by atoms with E-state index in [1.54, 1.807) is 12.1 Å². The smallest absolute Gasteiger partial charge is 0.416 e. The van der Waals surface area contributed by atoms with Crippen LogP contribution in [-0.2, 0) is 15.8 Å². The SMILES string of the molecule is Cc1cc(C)cc(OC(=O)c2ccc(NC3=C(Cl)C(=O)N(c4cc(C(F)(F)F)ccc4Cl)C3=O)cc2)c1. The summed E-state index contributed by atoms with van der Waals surface area (Å²) >= 11 is 12.1. The Morgan fingerprint density at radius 2 is 1.51 bits per heavy atom. The van der Waals surface area contributed by atoms with Crippen molar-refractivity contribution in [3.05, 3.63) is 98.7 Å². The molecule has 3 aromatic carbocycles. The Morgan fingerprint density at radius 3 is 2.11 bits per heavy atom. The van der Waals surface area contributed by atoms with Gasteiger partial charge in [-0.2, -0.15) is 13.2 Å². The number of ether oxygens (including phenoxy) is 1. The van der Waals surface area contributed by atoms with Crippen LogP contribution < -0.4 is 15.0 Å². The maximum Gasteiger partial charge on any atom is 0.416 e. The molecule has 1 aliphatic heterocycles. The summed E-state index contributed by atoms with van der Waals surface area (Å²) in [5, 5.41) is 1.91. The number of nitrogens with zero attached hydrogens (tertiary/aromatic N) is 1. The number of imide groups is 1. The lowest BCUT2D eigenvalue weighted by Crippen LogP contribution is -2.32. The number of hydrogen-bond acceptors (Lipinski definition) is 5. The zero-order valence-corrected chi connectivity index (χ0v) is 20.8. The van der Waals surface area contributed by atoms with Crippen LogP contribution in [0.15, 0.2) is 71.4 Å². The zero-order valence-electron chi connectivity index (χ0n) is 19.2. The first-order valence-corrected chi connectivity index (χ1v) is 11.4. The van der Waals surface area contributed by atoms with Crippen LogP contribution in [0, 0.1) is 13.8 Å². The first-order chi connectivity index (χ1) is 17.3. The van der Waals surface area contributed by atoms with Gasteiger partial charge in [-0.05, 0) is 79.6 Å². The van der Waals surface area contributed by atoms with Crippen molar-refractivity contribution in [3.8, 4) is 5.75 Å². The summed E-state index contributed by atoms with van der Waals surface area (Å²) in [5.74, 6) is -2.24. The van der Waals surface area contributed by atoms with Gasteiger partial charge in [-0.1, -0.05) is 29.3 Å². The summed E-state index contributed by atoms with van der Waals surface area (Å²) in [5.41, 5.74) is 0.475. The lowest BCUT2D eigenvalue weighted by Gasteiger charge is -2.18. The number of carbonyl (C=O) groups excluding carboxylic acids is 3. The van der Waals surface area contributed by atoms with E-state index >= 15 is 0 Å². The first-order valence-electron chi connectivity index (χ1n) is 10.7. The zero-order chi connectivity index (χ0) is 27.1. The quantitative estimate of drug-likeness (QED) is 0.220. The van der Waals surface area contributed by atoms with Gasteiger partial charge in [0.1, 0.15) is 16.5 Å². The van der Waals surface area contributed by atoms with E-state index < -0.39 is 40.2 Å². The summed E-state index contributed by atoms with van der Waals surface area (Å²) in [6.45, 7) is 3.75. The first kappa shape index (κ1) is 26.2. The number of aryl methyl sites for hydroxylation is 2. The van der Waals surface area contributed by atoms with E-state index in [2.05, 4.69) is 5.32 Å². The highest BCUT2D eigenvalue weighted by molar-refractivity contribution is 6.53. The molecule has 0 saturated heterocycles. The molecule has 2 amide bonds. The van der Waals surface area contributed by atoms with Gasteiger partial charge >= 0.3 is 12.1 Å². The predicted octanol–water partition coefficient (Wildman–Crippen LogP) is 6.63. The molecule has 190 valence electrons. The van der Waals surface area contributed by atoms with Crippen molar-refractivity contribution in [1.82, 2.24) is 0 Å². The maximum atomic E-state index is 13.2. The fourth-order valence-electron chi connectivity index (χ4n) is 3.68. The van der Waals surface area contributed by atoms with E-state index in [4.69, 9.17) is 27.9 Å². The largest absolute Gasteiger partial charge is 0.423 e. The second-order valence-corrected chi connectivity index (χ2v) is 9.00. The highest BCUT2D eigenvalue weighted by atomic mass is 35.5. The molecule has 37 heavy (non-hydrogen) atoms. The lowest BCUT2D eigenvalue weighted by atomic mass is 10.1. The Labute approximate surface area is 219 Å². The van der Waals surface area contributed by atoms with E-state index in [0.717, 1.165) is 23.3 Å². The molecule has 0 fully saturated rings. The second-order valence-electron chi connectivity index (χ2n) is 8.21. The van der Waals surface area contributed by atoms with E-state index in [0.29, 0.717) is 16.7 Å². The number of anilines is 2. The third kappa shape index (κ3) is 5.47. The monoisotopic (exact) mass is 548 g/mol. The third-order valence-electron chi connectivity index (χ3n) is 5.34. The molecule has 0 saturated carbocycles. The normalized spacial score (nSPS) is 13.9. The molecule has 0 bridgehead atoms. The number of amides is 2. The van der Waals surface area contributed by atoms with E-state index in [-0.39, 0.29) is 22.0 Å². The highest BCUT2D eigenvalue weighted by Gasteiger charge is 2.41. The van der Waals surface area contributed by atoms with Crippen molar-refractivity contribution in [3.63, 3.8) is 0 Å². The fourth-order valence-corrected chi connectivity index (χ4v) is 4.10. The van der Waals surface area contributed by atoms with Gasteiger partial charge < -0.3 is 10.1 Å². The Bertz CT molecular complexity index is 1450. The molecule has 0 unspecified atom stereocenters. The van der Waals surface area contributed by atoms with E-state index in [1.165, 1.54) is 24.3 Å². The minimum atomic E-state index is -4.72. The van der Waals surface area contributed by atoms with Crippen molar-refractivity contribution in [2.45, 2.75) is 20.0 Å². The van der Waals surface area contributed by atoms with Crippen molar-refractivity contribution < 1.29 is 32.3 Å². The van der Waals surface area contributed by atoms with Crippen LogP contribution in [0.3, 0.4) is 0 Å². The van der Waals surface area contributed by atoms with Gasteiger partial charge in [0.25, 0.3) is 11.8 Å². The number of alkyl halides is 3. The van der Waals surface area contributed by atoms with Crippen LogP contribution in [-0.4, -0.2) is 17.8 Å². The Balaban J connectivity index is 1.52. The summed E-state index contributed by atoms with van der Waals surface area (Å²) in [6.07, 6.45) is -4.72. The number of esters is 1. The minimum Gasteiger partial charge on any atom is -0.423 e. The molecule has 4 rings (SSSR count). The Kier molecular flexibility index (Phi) is 7.03. The molecular weight excluding hydrogens is 532 g/mol. The number of nitrogens with one attached hydrogen (secondary N) is 1. The van der Waals surface area contributed by atoms with Crippen molar-refractivity contribution >= 4 is 52.4 Å². The number of hydrogen-bond donors (Lipinski definition) is 1. The van der Waals surface area contributed by atoms with Crippen molar-refractivity contribution in [1.29, 1.82) is 0 Å². The van der Waals surface area contributed by atoms with Crippen LogP contribution in [0.1, 0.15) is 27.0 Å². The lowest BCUT2D eigenvalue weighted by molar-refractivity contribution is -0.137. The van der Waals surface area contributed by atoms with Crippen LogP contribution >= 0.6 is 23.2 Å². The maximum absolute atomic E-state index is 13.2. The molecule has 6 nitrogen and oxygen atoms in total. The second kappa shape index (κ2) is 9.91. The molecule has 0 atom stereocenters. The summed E-state index contributed by atoms with van der Waals surface area (Å²) < 4.78 is 44.9. The number of halogens is 5. The van der Waals surface area contributed by atoms with Gasteiger partial charge in [0.15, 0.2) is 0 Å². The Morgan fingerprint density at radius 1 is 0.892 bits per heavy atom. The number of carbonyl (C=O) groups is 3. The molecule has 3 aromatic rings. The van der Waals surface area contributed by atoms with Crippen molar-refractivity contribution in [2.24, 2.45) is 0 Å². The van der Waals surface area contributed by atoms with E-state index in [9.17, 15) is 27.6 Å². The average Bonchev–Trinajstić information content (AvgIpc) is 3.01. The molecule has 0 aliphatic carbocycles. The molecule has 0 radical (unpaired) electrons. The molecule has 0 spiro atoms. The number of benzene rings is 3. The topological polar surface area (TPSA) is 75.7 Å². The van der Waals surface area contributed by atoms with Gasteiger partial charge in [-0.25, -0.2) is 9.69 Å². The summed E-state index contributed by atoms with van der Waals surface area (Å²) in [4.78, 5) is 38.6. The van der Waals surface area contributed by atoms with Gasteiger partial charge in [0.2, 0.25) is 0 Å². The standard InChI is InChI=1S/C26H17Cl2F3N2O4/c1-13-9-14(2)11-18(10-13)37-25(36)15-3-6-17(7-4-15)32-22-21(28)23(34)33(24(22)35)20-12-16(26(29,30)31)5-8-19(20)27/h3-12,32H,1-2H3. The summed E-state index contributed by atoms with van der Waals surface area (Å²) in [7, 11) is 0.